The molecule has 34 heavy (non-hydrogen) atoms. The molecule has 3 heterocycles. The molecule has 0 bridgehead atoms. The van der Waals surface area contributed by atoms with E-state index in [9.17, 15) is 4.79 Å². The van der Waals surface area contributed by atoms with Gasteiger partial charge in [0.25, 0.3) is 5.91 Å². The molecular formula is C26H33N7O. The van der Waals surface area contributed by atoms with E-state index in [2.05, 4.69) is 53.6 Å². The number of hydrogen-bond donors (Lipinski definition) is 1. The largest absolute Gasteiger partial charge is 0.309 e. The Hall–Kier alpha value is -3.26. The van der Waals surface area contributed by atoms with E-state index in [0.717, 1.165) is 66.8 Å². The van der Waals surface area contributed by atoms with E-state index in [1.807, 2.05) is 28.9 Å². The Bertz CT molecular complexity index is 1330. The normalized spacial score (nSPS) is 14.1. The van der Waals surface area contributed by atoms with E-state index < -0.39 is 0 Å². The average molecular weight is 460 g/mol. The number of benzene rings is 1. The highest BCUT2D eigenvalue weighted by atomic mass is 16.1. The quantitative estimate of drug-likeness (QED) is 0.388. The summed E-state index contributed by atoms with van der Waals surface area (Å²) in [6, 6.07) is 10.1. The van der Waals surface area contributed by atoms with Crippen molar-refractivity contribution in [3.05, 3.63) is 47.8 Å². The molecule has 1 fully saturated rings. The highest BCUT2D eigenvalue weighted by Crippen LogP contribution is 2.40. The van der Waals surface area contributed by atoms with E-state index >= 15 is 0 Å². The van der Waals surface area contributed by atoms with Crippen molar-refractivity contribution in [1.82, 2.24) is 29.2 Å². The summed E-state index contributed by atoms with van der Waals surface area (Å²) in [5.41, 5.74) is 4.27. The SMILES string of the molecule is CCN(CC)CCn1c(NC(=O)c2cc(C3CC3)nc3c2cnn3C(C)C)nc2ccccc21. The Morgan fingerprint density at radius 2 is 1.94 bits per heavy atom. The highest BCUT2D eigenvalue weighted by Gasteiger charge is 2.28. The topological polar surface area (TPSA) is 80.9 Å². The van der Waals surface area contributed by atoms with Gasteiger partial charge in [0.2, 0.25) is 5.95 Å². The lowest BCUT2D eigenvalue weighted by Gasteiger charge is -2.19. The first-order valence-electron chi connectivity index (χ1n) is 12.4. The van der Waals surface area contributed by atoms with Crippen molar-refractivity contribution in [2.45, 2.75) is 59.0 Å². The van der Waals surface area contributed by atoms with E-state index in [1.54, 1.807) is 6.20 Å². The number of imidazole rings is 1. The number of pyridine rings is 1. The lowest BCUT2D eigenvalue weighted by atomic mass is 10.1. The number of amides is 1. The Labute approximate surface area is 200 Å². The molecule has 5 rings (SSSR count). The summed E-state index contributed by atoms with van der Waals surface area (Å²) in [6.45, 7) is 12.1. The molecule has 3 aromatic heterocycles. The first-order chi connectivity index (χ1) is 16.5. The van der Waals surface area contributed by atoms with Gasteiger partial charge in [0.1, 0.15) is 0 Å². The number of nitrogens with zero attached hydrogens (tertiary/aromatic N) is 6. The first kappa shape index (κ1) is 22.5. The molecular weight excluding hydrogens is 426 g/mol. The van der Waals surface area contributed by atoms with Crippen molar-refractivity contribution < 1.29 is 4.79 Å². The summed E-state index contributed by atoms with van der Waals surface area (Å²) in [4.78, 5) is 25.7. The van der Waals surface area contributed by atoms with Crippen LogP contribution in [-0.2, 0) is 6.54 Å². The minimum Gasteiger partial charge on any atom is -0.309 e. The molecule has 4 aromatic rings. The van der Waals surface area contributed by atoms with Crippen LogP contribution in [0.2, 0.25) is 0 Å². The van der Waals surface area contributed by atoms with E-state index in [0.29, 0.717) is 17.4 Å². The van der Waals surface area contributed by atoms with Crippen molar-refractivity contribution in [3.63, 3.8) is 0 Å². The van der Waals surface area contributed by atoms with Crippen LogP contribution < -0.4 is 5.32 Å². The standard InChI is InChI=1S/C26H33N7O/c1-5-31(6-2)13-14-32-23-10-8-7-9-21(23)29-26(32)30-25(34)19-15-22(18-11-12-18)28-24-20(19)16-27-33(24)17(3)4/h7-10,15-18H,5-6,11-14H2,1-4H3,(H,29,30,34). The van der Waals surface area contributed by atoms with Gasteiger partial charge in [0, 0.05) is 30.7 Å². The molecule has 178 valence electrons. The molecule has 0 unspecified atom stereocenters. The zero-order valence-electron chi connectivity index (χ0n) is 20.5. The third-order valence-electron chi connectivity index (χ3n) is 6.73. The van der Waals surface area contributed by atoms with Gasteiger partial charge in [-0.2, -0.15) is 5.10 Å². The van der Waals surface area contributed by atoms with E-state index in [-0.39, 0.29) is 11.9 Å². The number of nitrogens with one attached hydrogen (secondary N) is 1. The van der Waals surface area contributed by atoms with Crippen LogP contribution in [0, 0.1) is 0 Å². The monoisotopic (exact) mass is 459 g/mol. The maximum Gasteiger partial charge on any atom is 0.258 e. The second kappa shape index (κ2) is 9.18. The fourth-order valence-corrected chi connectivity index (χ4v) is 4.54. The van der Waals surface area contributed by atoms with Crippen molar-refractivity contribution >= 4 is 33.9 Å². The third kappa shape index (κ3) is 4.18. The molecule has 1 aliphatic carbocycles. The average Bonchev–Trinajstić information content (AvgIpc) is 3.51. The Morgan fingerprint density at radius 3 is 2.65 bits per heavy atom. The summed E-state index contributed by atoms with van der Waals surface area (Å²) in [5.74, 6) is 0.842. The van der Waals surface area contributed by atoms with Crippen LogP contribution in [0.3, 0.4) is 0 Å². The van der Waals surface area contributed by atoms with Crippen LogP contribution in [0.15, 0.2) is 36.5 Å². The summed E-state index contributed by atoms with van der Waals surface area (Å²) < 4.78 is 4.01. The molecule has 1 aromatic carbocycles. The Kier molecular flexibility index (Phi) is 6.08. The number of aromatic nitrogens is 5. The van der Waals surface area contributed by atoms with Crippen LogP contribution in [-0.4, -0.2) is 54.8 Å². The van der Waals surface area contributed by atoms with Crippen molar-refractivity contribution in [3.8, 4) is 0 Å². The van der Waals surface area contributed by atoms with Gasteiger partial charge in [0.15, 0.2) is 5.65 Å². The number of hydrogen-bond acceptors (Lipinski definition) is 5. The molecule has 0 saturated heterocycles. The molecule has 1 aliphatic rings. The number of para-hydroxylation sites is 2. The number of carbonyl (C=O) groups is 1. The van der Waals surface area contributed by atoms with Crippen LogP contribution in [0.4, 0.5) is 5.95 Å². The molecule has 0 atom stereocenters. The minimum absolute atomic E-state index is 0.166. The molecule has 1 amide bonds. The maximum absolute atomic E-state index is 13.6. The second-order valence-corrected chi connectivity index (χ2v) is 9.35. The summed E-state index contributed by atoms with van der Waals surface area (Å²) >= 11 is 0. The van der Waals surface area contributed by atoms with Crippen molar-refractivity contribution in [2.75, 3.05) is 25.0 Å². The summed E-state index contributed by atoms with van der Waals surface area (Å²) in [7, 11) is 0. The van der Waals surface area contributed by atoms with Crippen LogP contribution in [0.25, 0.3) is 22.1 Å². The van der Waals surface area contributed by atoms with Crippen LogP contribution in [0.5, 0.6) is 0 Å². The van der Waals surface area contributed by atoms with Gasteiger partial charge in [-0.25, -0.2) is 14.6 Å². The molecule has 0 spiro atoms. The second-order valence-electron chi connectivity index (χ2n) is 9.35. The number of anilines is 1. The summed E-state index contributed by atoms with van der Waals surface area (Å²) in [5, 5.41) is 8.44. The lowest BCUT2D eigenvalue weighted by Crippen LogP contribution is -2.27. The van der Waals surface area contributed by atoms with Gasteiger partial charge in [-0.3, -0.25) is 10.1 Å². The van der Waals surface area contributed by atoms with Gasteiger partial charge in [-0.15, -0.1) is 0 Å². The van der Waals surface area contributed by atoms with Crippen LogP contribution in [0.1, 0.15) is 68.5 Å². The first-order valence-corrected chi connectivity index (χ1v) is 12.4. The van der Waals surface area contributed by atoms with Gasteiger partial charge >= 0.3 is 0 Å². The molecule has 1 saturated carbocycles. The van der Waals surface area contributed by atoms with Gasteiger partial charge in [0.05, 0.1) is 28.2 Å². The lowest BCUT2D eigenvalue weighted by molar-refractivity contribution is 0.102. The number of rotatable bonds is 9. The van der Waals surface area contributed by atoms with Crippen molar-refractivity contribution in [1.29, 1.82) is 0 Å². The zero-order valence-corrected chi connectivity index (χ0v) is 20.5. The number of carbonyl (C=O) groups excluding carboxylic acids is 1. The van der Waals surface area contributed by atoms with Crippen molar-refractivity contribution in [2.24, 2.45) is 0 Å². The Balaban J connectivity index is 1.52. The van der Waals surface area contributed by atoms with E-state index in [1.165, 1.54) is 0 Å². The van der Waals surface area contributed by atoms with Gasteiger partial charge in [-0.05, 0) is 58.0 Å². The minimum atomic E-state index is -0.169. The predicted molar refractivity (Wildman–Crippen MR) is 135 cm³/mol. The fourth-order valence-electron chi connectivity index (χ4n) is 4.54. The molecule has 1 N–H and O–H groups in total. The fraction of sp³-hybridized carbons (Fsp3) is 0.462. The predicted octanol–water partition coefficient (Wildman–Crippen LogP) is 4.83. The zero-order chi connectivity index (χ0) is 23.8. The summed E-state index contributed by atoms with van der Waals surface area (Å²) in [6.07, 6.45) is 4.00. The molecule has 0 aliphatic heterocycles. The highest BCUT2D eigenvalue weighted by molar-refractivity contribution is 6.11. The third-order valence-corrected chi connectivity index (χ3v) is 6.73. The Morgan fingerprint density at radius 1 is 1.18 bits per heavy atom. The smallest absolute Gasteiger partial charge is 0.258 e. The van der Waals surface area contributed by atoms with Gasteiger partial charge < -0.3 is 9.47 Å². The molecule has 8 nitrogen and oxygen atoms in total. The number of fused-ring (bicyclic) bond motifs is 2. The molecule has 0 radical (unpaired) electrons. The number of likely N-dealkylation sites (N-methyl/N-ethyl adjacent to an activating group) is 1. The van der Waals surface area contributed by atoms with Crippen LogP contribution >= 0.6 is 0 Å². The van der Waals surface area contributed by atoms with E-state index in [4.69, 9.17) is 9.97 Å². The maximum atomic E-state index is 13.6. The van der Waals surface area contributed by atoms with Gasteiger partial charge in [-0.1, -0.05) is 26.0 Å². The molecule has 8 heteroatoms.